The monoisotopic (exact) mass is 271 g/mol. The predicted molar refractivity (Wildman–Crippen MR) is 75.5 cm³/mol. The van der Waals surface area contributed by atoms with Crippen LogP contribution in [0.25, 0.3) is 11.0 Å². The summed E-state index contributed by atoms with van der Waals surface area (Å²) < 4.78 is 5.38. The van der Waals surface area contributed by atoms with Gasteiger partial charge in [-0.1, -0.05) is 25.1 Å². The third-order valence-corrected chi connectivity index (χ3v) is 3.91. The van der Waals surface area contributed by atoms with Gasteiger partial charge < -0.3 is 9.32 Å². The topological polar surface area (TPSA) is 50.5 Å². The number of fused-ring (bicyclic) bond motifs is 1. The molecule has 1 saturated heterocycles. The summed E-state index contributed by atoms with van der Waals surface area (Å²) >= 11 is 0. The molecule has 1 aliphatic heterocycles. The van der Waals surface area contributed by atoms with E-state index in [0.717, 1.165) is 18.2 Å². The van der Waals surface area contributed by atoms with Crippen LogP contribution in [-0.4, -0.2) is 29.7 Å². The summed E-state index contributed by atoms with van der Waals surface area (Å²) in [6.45, 7) is 2.74. The van der Waals surface area contributed by atoms with Crippen molar-refractivity contribution in [2.24, 2.45) is 5.92 Å². The lowest BCUT2D eigenvalue weighted by molar-refractivity contribution is -0.137. The van der Waals surface area contributed by atoms with E-state index in [1.807, 2.05) is 31.2 Å². The highest BCUT2D eigenvalue weighted by atomic mass is 16.3. The second-order valence-electron chi connectivity index (χ2n) is 5.37. The zero-order valence-corrected chi connectivity index (χ0v) is 11.5. The Balaban J connectivity index is 1.81. The van der Waals surface area contributed by atoms with Gasteiger partial charge in [0.05, 0.1) is 12.1 Å². The van der Waals surface area contributed by atoms with Gasteiger partial charge in [-0.25, -0.2) is 0 Å². The van der Waals surface area contributed by atoms with Gasteiger partial charge in [-0.05, 0) is 18.9 Å². The van der Waals surface area contributed by atoms with Crippen molar-refractivity contribution in [1.82, 2.24) is 4.90 Å². The molecule has 0 spiro atoms. The Morgan fingerprint density at radius 2 is 2.20 bits per heavy atom. The van der Waals surface area contributed by atoms with Crippen molar-refractivity contribution >= 4 is 22.7 Å². The van der Waals surface area contributed by atoms with E-state index in [4.69, 9.17) is 4.42 Å². The van der Waals surface area contributed by atoms with Crippen molar-refractivity contribution in [3.8, 4) is 0 Å². The number of carbonyl (C=O) groups excluding carboxylic acids is 2. The van der Waals surface area contributed by atoms with Crippen LogP contribution in [0.1, 0.15) is 30.1 Å². The number of nitrogens with zero attached hydrogens (tertiary/aromatic N) is 1. The highest BCUT2D eigenvalue weighted by Crippen LogP contribution is 2.23. The molecule has 2 aromatic rings. The lowest BCUT2D eigenvalue weighted by Gasteiger charge is -2.29. The third kappa shape index (κ3) is 2.22. The first-order valence-electron chi connectivity index (χ1n) is 6.95. The van der Waals surface area contributed by atoms with E-state index in [0.29, 0.717) is 17.7 Å². The number of Topliss-reactive ketones (excluding diaryl/α,β-unsaturated/α-hetero) is 1. The Morgan fingerprint density at radius 1 is 1.40 bits per heavy atom. The van der Waals surface area contributed by atoms with Gasteiger partial charge in [0, 0.05) is 17.8 Å². The fourth-order valence-corrected chi connectivity index (χ4v) is 2.74. The predicted octanol–water partition coefficient (Wildman–Crippen LogP) is 2.87. The first-order valence-corrected chi connectivity index (χ1v) is 6.95. The minimum atomic E-state index is -0.0580. The maximum Gasteiger partial charge on any atom is 0.225 e. The maximum absolute atomic E-state index is 12.4. The SMILES string of the molecule is CC1CCCN(CC(=O)c2coc3ccccc23)C1=O. The van der Waals surface area contributed by atoms with Crippen molar-refractivity contribution in [3.05, 3.63) is 36.1 Å². The summed E-state index contributed by atoms with van der Waals surface area (Å²) in [5.74, 6) is 0.0486. The molecule has 3 rings (SSSR count). The second kappa shape index (κ2) is 5.12. The van der Waals surface area contributed by atoms with Gasteiger partial charge in [0.25, 0.3) is 0 Å². The van der Waals surface area contributed by atoms with Crippen LogP contribution in [0, 0.1) is 5.92 Å². The van der Waals surface area contributed by atoms with Crippen LogP contribution in [0.3, 0.4) is 0 Å². The lowest BCUT2D eigenvalue weighted by Crippen LogP contribution is -2.42. The zero-order valence-electron chi connectivity index (χ0n) is 11.5. The highest BCUT2D eigenvalue weighted by Gasteiger charge is 2.27. The van der Waals surface area contributed by atoms with E-state index in [9.17, 15) is 9.59 Å². The van der Waals surface area contributed by atoms with Crippen LogP contribution < -0.4 is 0 Å². The summed E-state index contributed by atoms with van der Waals surface area (Å²) in [6, 6.07) is 7.45. The average molecular weight is 271 g/mol. The maximum atomic E-state index is 12.4. The molecule has 2 heterocycles. The van der Waals surface area contributed by atoms with E-state index in [-0.39, 0.29) is 24.2 Å². The molecule has 0 N–H and O–H groups in total. The smallest absolute Gasteiger partial charge is 0.225 e. The summed E-state index contributed by atoms with van der Waals surface area (Å²) in [5, 5.41) is 0.815. The molecule has 4 nitrogen and oxygen atoms in total. The van der Waals surface area contributed by atoms with Crippen molar-refractivity contribution < 1.29 is 14.0 Å². The van der Waals surface area contributed by atoms with Gasteiger partial charge >= 0.3 is 0 Å². The number of hydrogen-bond acceptors (Lipinski definition) is 3. The zero-order chi connectivity index (χ0) is 14.1. The molecule has 0 aliphatic carbocycles. The Morgan fingerprint density at radius 3 is 3.05 bits per heavy atom. The standard InChI is InChI=1S/C16H17NO3/c1-11-5-4-8-17(16(11)19)9-14(18)13-10-20-15-7-3-2-6-12(13)15/h2-3,6-7,10-11H,4-5,8-9H2,1H3. The fraction of sp³-hybridized carbons (Fsp3) is 0.375. The first-order chi connectivity index (χ1) is 9.66. The molecule has 1 aromatic heterocycles. The number of likely N-dealkylation sites (tertiary alicyclic amines) is 1. The van der Waals surface area contributed by atoms with E-state index in [2.05, 4.69) is 0 Å². The van der Waals surface area contributed by atoms with E-state index < -0.39 is 0 Å². The average Bonchev–Trinajstić information content (AvgIpc) is 2.88. The van der Waals surface area contributed by atoms with Gasteiger partial charge in [-0.3, -0.25) is 9.59 Å². The van der Waals surface area contributed by atoms with Crippen LogP contribution >= 0.6 is 0 Å². The summed E-state index contributed by atoms with van der Waals surface area (Å²) in [4.78, 5) is 26.1. The molecule has 1 unspecified atom stereocenters. The summed E-state index contributed by atoms with van der Waals surface area (Å²) in [7, 11) is 0. The Labute approximate surface area is 117 Å². The normalized spacial score (nSPS) is 19.6. The van der Waals surface area contributed by atoms with Gasteiger partial charge in [0.1, 0.15) is 11.8 Å². The number of rotatable bonds is 3. The van der Waals surface area contributed by atoms with Crippen molar-refractivity contribution in [1.29, 1.82) is 0 Å². The molecule has 4 heteroatoms. The van der Waals surface area contributed by atoms with E-state index in [1.54, 1.807) is 4.90 Å². The number of ketones is 1. The number of benzene rings is 1. The van der Waals surface area contributed by atoms with Crippen molar-refractivity contribution in [3.63, 3.8) is 0 Å². The molecule has 0 radical (unpaired) electrons. The number of para-hydroxylation sites is 1. The largest absolute Gasteiger partial charge is 0.464 e. The molecular formula is C16H17NO3. The van der Waals surface area contributed by atoms with Crippen LogP contribution in [-0.2, 0) is 4.79 Å². The number of amides is 1. The molecule has 20 heavy (non-hydrogen) atoms. The van der Waals surface area contributed by atoms with Crippen LogP contribution in [0.4, 0.5) is 0 Å². The number of furan rings is 1. The second-order valence-corrected chi connectivity index (χ2v) is 5.37. The molecule has 1 aromatic carbocycles. The first kappa shape index (κ1) is 12.9. The Kier molecular flexibility index (Phi) is 3.30. The molecule has 1 fully saturated rings. The fourth-order valence-electron chi connectivity index (χ4n) is 2.74. The third-order valence-electron chi connectivity index (χ3n) is 3.91. The molecule has 104 valence electrons. The van der Waals surface area contributed by atoms with Crippen molar-refractivity contribution in [2.75, 3.05) is 13.1 Å². The molecule has 1 atom stereocenters. The van der Waals surface area contributed by atoms with Gasteiger partial charge in [-0.2, -0.15) is 0 Å². The molecule has 1 aliphatic rings. The summed E-state index contributed by atoms with van der Waals surface area (Å²) in [5.41, 5.74) is 1.26. The minimum absolute atomic E-state index is 0.0256. The van der Waals surface area contributed by atoms with E-state index >= 15 is 0 Å². The summed E-state index contributed by atoms with van der Waals surface area (Å²) in [6.07, 6.45) is 3.37. The molecular weight excluding hydrogens is 254 g/mol. The molecule has 1 amide bonds. The Hall–Kier alpha value is -2.10. The Bertz CT molecular complexity index is 659. The van der Waals surface area contributed by atoms with Crippen LogP contribution in [0.2, 0.25) is 0 Å². The lowest BCUT2D eigenvalue weighted by atomic mass is 9.98. The highest BCUT2D eigenvalue weighted by molar-refractivity contribution is 6.08. The van der Waals surface area contributed by atoms with Crippen molar-refractivity contribution in [2.45, 2.75) is 19.8 Å². The number of carbonyl (C=O) groups is 2. The molecule has 0 bridgehead atoms. The van der Waals surface area contributed by atoms with Crippen LogP contribution in [0.15, 0.2) is 34.9 Å². The quantitative estimate of drug-likeness (QED) is 0.806. The van der Waals surface area contributed by atoms with Gasteiger partial charge in [-0.15, -0.1) is 0 Å². The van der Waals surface area contributed by atoms with Crippen LogP contribution in [0.5, 0.6) is 0 Å². The number of hydrogen-bond donors (Lipinski definition) is 0. The van der Waals surface area contributed by atoms with Gasteiger partial charge in [0.15, 0.2) is 5.78 Å². The van der Waals surface area contributed by atoms with E-state index in [1.165, 1.54) is 6.26 Å². The molecule has 0 saturated carbocycles. The van der Waals surface area contributed by atoms with Gasteiger partial charge in [0.2, 0.25) is 5.91 Å². The minimum Gasteiger partial charge on any atom is -0.464 e. The number of piperidine rings is 1.